The molecule has 4 nitrogen and oxygen atoms in total. The third-order valence-corrected chi connectivity index (χ3v) is 4.69. The summed E-state index contributed by atoms with van der Waals surface area (Å²) >= 11 is 1.72. The second kappa shape index (κ2) is 4.88. The van der Waals surface area contributed by atoms with Crippen molar-refractivity contribution in [3.63, 3.8) is 0 Å². The molecule has 1 fully saturated rings. The van der Waals surface area contributed by atoms with E-state index in [1.54, 1.807) is 11.3 Å². The van der Waals surface area contributed by atoms with Crippen LogP contribution in [0.1, 0.15) is 45.2 Å². The van der Waals surface area contributed by atoms with Crippen LogP contribution in [0.15, 0.2) is 17.9 Å². The smallest absolute Gasteiger partial charge is 0.223 e. The first kappa shape index (κ1) is 13.6. The van der Waals surface area contributed by atoms with Gasteiger partial charge in [0, 0.05) is 37.0 Å². The number of amides is 1. The van der Waals surface area contributed by atoms with Crippen molar-refractivity contribution in [1.82, 2.24) is 14.3 Å². The molecule has 2 aromatic heterocycles. The molecule has 5 heteroatoms. The number of fused-ring (bicyclic) bond motifs is 1. The minimum atomic E-state index is 0.0601. The Kier molecular flexibility index (Phi) is 3.32. The Hall–Kier alpha value is -1.36. The molecule has 0 bridgehead atoms. The number of carbonyl (C=O) groups is 1. The van der Waals surface area contributed by atoms with Crippen LogP contribution in [0.5, 0.6) is 0 Å². The van der Waals surface area contributed by atoms with Gasteiger partial charge in [-0.05, 0) is 11.8 Å². The molecule has 0 aliphatic carbocycles. The average molecular weight is 291 g/mol. The summed E-state index contributed by atoms with van der Waals surface area (Å²) < 4.78 is 2.07. The average Bonchev–Trinajstić information content (AvgIpc) is 3.02. The van der Waals surface area contributed by atoms with E-state index in [0.717, 1.165) is 25.2 Å². The summed E-state index contributed by atoms with van der Waals surface area (Å²) in [6, 6.07) is 0. The number of thiazole rings is 1. The maximum atomic E-state index is 12.3. The lowest BCUT2D eigenvalue weighted by atomic mass is 9.91. The molecule has 1 saturated heterocycles. The third-order valence-electron chi connectivity index (χ3n) is 3.79. The van der Waals surface area contributed by atoms with Gasteiger partial charge in [0.05, 0.1) is 5.69 Å². The lowest BCUT2D eigenvalue weighted by Gasteiger charge is -2.22. The normalized spacial score (nSPS) is 19.9. The highest BCUT2D eigenvalue weighted by molar-refractivity contribution is 7.15. The van der Waals surface area contributed by atoms with Gasteiger partial charge in [-0.1, -0.05) is 20.8 Å². The molecule has 20 heavy (non-hydrogen) atoms. The summed E-state index contributed by atoms with van der Waals surface area (Å²) in [7, 11) is 0. The number of carbonyl (C=O) groups excluding carboxylic acids is 1. The van der Waals surface area contributed by atoms with Gasteiger partial charge < -0.3 is 4.90 Å². The van der Waals surface area contributed by atoms with E-state index in [1.807, 2.05) is 17.4 Å². The van der Waals surface area contributed by atoms with Gasteiger partial charge in [0.1, 0.15) is 11.2 Å². The van der Waals surface area contributed by atoms with Crippen LogP contribution in [-0.4, -0.2) is 33.3 Å². The topological polar surface area (TPSA) is 37.6 Å². The van der Waals surface area contributed by atoms with Gasteiger partial charge in [0.2, 0.25) is 5.91 Å². The summed E-state index contributed by atoms with van der Waals surface area (Å²) in [5.74, 6) is 0.671. The maximum absolute atomic E-state index is 12.3. The van der Waals surface area contributed by atoms with Crippen molar-refractivity contribution in [2.45, 2.75) is 39.5 Å². The van der Waals surface area contributed by atoms with E-state index < -0.39 is 0 Å². The van der Waals surface area contributed by atoms with Crippen LogP contribution in [0.2, 0.25) is 0 Å². The van der Waals surface area contributed by atoms with Crippen molar-refractivity contribution < 1.29 is 4.79 Å². The first-order valence-electron chi connectivity index (χ1n) is 7.12. The number of aromatic nitrogens is 2. The second-order valence-corrected chi connectivity index (χ2v) is 7.70. The highest BCUT2D eigenvalue weighted by atomic mass is 32.1. The van der Waals surface area contributed by atoms with Gasteiger partial charge in [-0.25, -0.2) is 4.98 Å². The Morgan fingerprint density at radius 2 is 2.30 bits per heavy atom. The predicted octanol–water partition coefficient (Wildman–Crippen LogP) is 3.15. The fraction of sp³-hybridized carbons (Fsp3) is 0.600. The summed E-state index contributed by atoms with van der Waals surface area (Å²) in [5.41, 5.74) is 1.22. The SMILES string of the molecule is CC(C)(C)CC(=O)N1CCC(c2ncn3ccsc23)C1. The number of likely N-dealkylation sites (tertiary alicyclic amines) is 1. The largest absolute Gasteiger partial charge is 0.342 e. The molecular weight excluding hydrogens is 270 g/mol. The maximum Gasteiger partial charge on any atom is 0.223 e. The molecule has 2 aromatic rings. The summed E-state index contributed by atoms with van der Waals surface area (Å²) in [5, 5.41) is 2.08. The molecule has 1 unspecified atom stereocenters. The van der Waals surface area contributed by atoms with Crippen molar-refractivity contribution in [3.8, 4) is 0 Å². The highest BCUT2D eigenvalue weighted by Gasteiger charge is 2.31. The van der Waals surface area contributed by atoms with Crippen LogP contribution in [0.3, 0.4) is 0 Å². The standard InChI is InChI=1S/C15H21N3OS/c1-15(2,3)8-12(19)17-5-4-11(9-17)13-14-18(10-16-13)6-7-20-14/h6-7,10-11H,4-5,8-9H2,1-3H3. The Labute approximate surface area is 123 Å². The van der Waals surface area contributed by atoms with Crippen molar-refractivity contribution in [2.24, 2.45) is 5.41 Å². The number of hydrogen-bond acceptors (Lipinski definition) is 3. The van der Waals surface area contributed by atoms with Crippen LogP contribution < -0.4 is 0 Å². The van der Waals surface area contributed by atoms with E-state index in [-0.39, 0.29) is 11.3 Å². The molecule has 0 radical (unpaired) electrons. The van der Waals surface area contributed by atoms with E-state index in [9.17, 15) is 4.79 Å². The lowest BCUT2D eigenvalue weighted by molar-refractivity contribution is -0.132. The molecule has 1 aliphatic rings. The van der Waals surface area contributed by atoms with Gasteiger partial charge in [-0.2, -0.15) is 0 Å². The van der Waals surface area contributed by atoms with Crippen molar-refractivity contribution in [2.75, 3.05) is 13.1 Å². The van der Waals surface area contributed by atoms with Gasteiger partial charge in [0.15, 0.2) is 0 Å². The fourth-order valence-corrected chi connectivity index (χ4v) is 3.70. The molecule has 1 atom stereocenters. The number of rotatable bonds is 2. The fourth-order valence-electron chi connectivity index (χ4n) is 2.81. The van der Waals surface area contributed by atoms with Crippen molar-refractivity contribution in [1.29, 1.82) is 0 Å². The summed E-state index contributed by atoms with van der Waals surface area (Å²) in [6.07, 6.45) is 5.56. The quantitative estimate of drug-likeness (QED) is 0.852. The Morgan fingerprint density at radius 1 is 1.50 bits per heavy atom. The lowest BCUT2D eigenvalue weighted by Crippen LogP contribution is -2.31. The first-order valence-corrected chi connectivity index (χ1v) is 8.00. The van der Waals surface area contributed by atoms with E-state index in [2.05, 4.69) is 35.5 Å². The minimum Gasteiger partial charge on any atom is -0.342 e. The zero-order chi connectivity index (χ0) is 14.3. The number of hydrogen-bond donors (Lipinski definition) is 0. The molecule has 1 aliphatic heterocycles. The van der Waals surface area contributed by atoms with Crippen LogP contribution >= 0.6 is 11.3 Å². The predicted molar refractivity (Wildman–Crippen MR) is 81.1 cm³/mol. The van der Waals surface area contributed by atoms with E-state index in [1.165, 1.54) is 4.83 Å². The van der Waals surface area contributed by atoms with E-state index in [4.69, 9.17) is 0 Å². The Balaban J connectivity index is 1.71. The highest BCUT2D eigenvalue weighted by Crippen LogP contribution is 2.32. The molecule has 108 valence electrons. The van der Waals surface area contributed by atoms with Gasteiger partial charge in [-0.3, -0.25) is 9.20 Å². The monoisotopic (exact) mass is 291 g/mol. The van der Waals surface area contributed by atoms with Gasteiger partial charge in [-0.15, -0.1) is 11.3 Å². The zero-order valence-electron chi connectivity index (χ0n) is 12.3. The minimum absolute atomic E-state index is 0.0601. The molecular formula is C15H21N3OS. The second-order valence-electron chi connectivity index (χ2n) is 6.81. The van der Waals surface area contributed by atoms with Gasteiger partial charge in [0.25, 0.3) is 0 Å². The van der Waals surface area contributed by atoms with Crippen LogP contribution in [0.4, 0.5) is 0 Å². The molecule has 1 amide bonds. The zero-order valence-corrected chi connectivity index (χ0v) is 13.1. The van der Waals surface area contributed by atoms with Crippen LogP contribution in [0.25, 0.3) is 4.83 Å². The summed E-state index contributed by atoms with van der Waals surface area (Å²) in [4.78, 5) is 20.1. The third kappa shape index (κ3) is 2.59. The Bertz CT molecular complexity index is 622. The van der Waals surface area contributed by atoms with Crippen molar-refractivity contribution in [3.05, 3.63) is 23.6 Å². The molecule has 3 heterocycles. The van der Waals surface area contributed by atoms with Gasteiger partial charge >= 0.3 is 0 Å². The number of nitrogens with zero attached hydrogens (tertiary/aromatic N) is 3. The van der Waals surface area contributed by atoms with Crippen LogP contribution in [-0.2, 0) is 4.79 Å². The molecule has 0 spiro atoms. The molecule has 0 saturated carbocycles. The van der Waals surface area contributed by atoms with E-state index >= 15 is 0 Å². The van der Waals surface area contributed by atoms with Crippen LogP contribution in [0, 0.1) is 5.41 Å². The molecule has 0 N–H and O–H groups in total. The summed E-state index contributed by atoms with van der Waals surface area (Å²) in [6.45, 7) is 8.03. The molecule has 0 aromatic carbocycles. The van der Waals surface area contributed by atoms with Crippen molar-refractivity contribution >= 4 is 22.1 Å². The van der Waals surface area contributed by atoms with E-state index in [0.29, 0.717) is 12.3 Å². The first-order chi connectivity index (χ1) is 9.44. The molecule has 3 rings (SSSR count). The number of imidazole rings is 1. The Morgan fingerprint density at radius 3 is 3.05 bits per heavy atom.